The van der Waals surface area contributed by atoms with Crippen molar-refractivity contribution in [1.82, 2.24) is 10.2 Å². The molecule has 1 N–H and O–H groups in total. The summed E-state index contributed by atoms with van der Waals surface area (Å²) >= 11 is 0. The quantitative estimate of drug-likeness (QED) is 0.454. The van der Waals surface area contributed by atoms with Crippen molar-refractivity contribution in [3.8, 4) is 0 Å². The molecule has 1 aliphatic rings. The summed E-state index contributed by atoms with van der Waals surface area (Å²) in [6.45, 7) is 4.65. The summed E-state index contributed by atoms with van der Waals surface area (Å²) in [5.74, 6) is -0.148. The van der Waals surface area contributed by atoms with Crippen molar-refractivity contribution >= 4 is 17.7 Å². The molecule has 1 fully saturated rings. The Morgan fingerprint density at radius 3 is 2.64 bits per heavy atom. The smallest absolute Gasteiger partial charge is 0.269 e. The molecule has 1 saturated carbocycles. The molecule has 1 aliphatic carbocycles. The number of nitro groups is 1. The summed E-state index contributed by atoms with van der Waals surface area (Å²) in [4.78, 5) is 24.2. The van der Waals surface area contributed by atoms with Gasteiger partial charge in [0.05, 0.1) is 4.92 Å². The van der Waals surface area contributed by atoms with E-state index < -0.39 is 4.92 Å². The van der Waals surface area contributed by atoms with Crippen molar-refractivity contribution in [2.45, 2.75) is 25.8 Å². The summed E-state index contributed by atoms with van der Waals surface area (Å²) in [5.41, 5.74) is 0.801. The van der Waals surface area contributed by atoms with Crippen LogP contribution in [-0.2, 0) is 4.79 Å². The lowest BCUT2D eigenvalue weighted by molar-refractivity contribution is -0.384. The van der Waals surface area contributed by atoms with Crippen LogP contribution in [-0.4, -0.2) is 41.4 Å². The zero-order chi connectivity index (χ0) is 15.9. The molecule has 0 saturated heterocycles. The molecule has 0 heterocycles. The third kappa shape index (κ3) is 4.96. The van der Waals surface area contributed by atoms with Crippen molar-refractivity contribution in [3.63, 3.8) is 0 Å². The predicted octanol–water partition coefficient (Wildman–Crippen LogP) is 2.21. The standard InChI is InChI=1S/C16H21N3O3/c1-2-18(14-8-9-14)12-11-17-16(20)10-5-13-3-6-15(7-4-13)19(21)22/h3-7,10,14H,2,8-9,11-12H2,1H3,(H,17,20). The van der Waals surface area contributed by atoms with E-state index >= 15 is 0 Å². The fraction of sp³-hybridized carbons (Fsp3) is 0.438. The lowest BCUT2D eigenvalue weighted by Gasteiger charge is -2.19. The van der Waals surface area contributed by atoms with Crippen molar-refractivity contribution in [3.05, 3.63) is 46.0 Å². The third-order valence-electron chi connectivity index (χ3n) is 3.70. The Bertz CT molecular complexity index is 550. The second kappa shape index (κ2) is 7.70. The summed E-state index contributed by atoms with van der Waals surface area (Å²) < 4.78 is 0. The molecule has 0 spiro atoms. The first kappa shape index (κ1) is 16.2. The highest BCUT2D eigenvalue weighted by Crippen LogP contribution is 2.25. The molecule has 0 aromatic heterocycles. The van der Waals surface area contributed by atoms with Crippen LogP contribution in [0.4, 0.5) is 5.69 Å². The zero-order valence-electron chi connectivity index (χ0n) is 12.7. The second-order valence-electron chi connectivity index (χ2n) is 5.33. The van der Waals surface area contributed by atoms with E-state index in [1.807, 2.05) is 0 Å². The Hall–Kier alpha value is -2.21. The van der Waals surface area contributed by atoms with Gasteiger partial charge >= 0.3 is 0 Å². The number of hydrogen-bond acceptors (Lipinski definition) is 4. The Morgan fingerprint density at radius 1 is 1.41 bits per heavy atom. The van der Waals surface area contributed by atoms with Crippen LogP contribution in [0.15, 0.2) is 30.3 Å². The third-order valence-corrected chi connectivity index (χ3v) is 3.70. The highest BCUT2D eigenvalue weighted by atomic mass is 16.6. The highest BCUT2D eigenvalue weighted by Gasteiger charge is 2.27. The topological polar surface area (TPSA) is 75.5 Å². The number of rotatable bonds is 8. The first-order valence-corrected chi connectivity index (χ1v) is 7.54. The van der Waals surface area contributed by atoms with Crippen LogP contribution in [0, 0.1) is 10.1 Å². The molecule has 6 nitrogen and oxygen atoms in total. The minimum atomic E-state index is -0.445. The summed E-state index contributed by atoms with van der Waals surface area (Å²) in [5, 5.41) is 13.4. The van der Waals surface area contributed by atoms with Crippen LogP contribution in [0.25, 0.3) is 6.08 Å². The van der Waals surface area contributed by atoms with Gasteiger partial charge < -0.3 is 5.32 Å². The van der Waals surface area contributed by atoms with Crippen molar-refractivity contribution in [2.75, 3.05) is 19.6 Å². The number of nitrogens with one attached hydrogen (secondary N) is 1. The number of hydrogen-bond donors (Lipinski definition) is 1. The van der Waals surface area contributed by atoms with Crippen molar-refractivity contribution < 1.29 is 9.72 Å². The average molecular weight is 303 g/mol. The fourth-order valence-corrected chi connectivity index (χ4v) is 2.30. The lowest BCUT2D eigenvalue weighted by Crippen LogP contribution is -2.35. The highest BCUT2D eigenvalue weighted by molar-refractivity contribution is 5.91. The Balaban J connectivity index is 1.74. The van der Waals surface area contributed by atoms with Crippen LogP contribution in [0.1, 0.15) is 25.3 Å². The molecular weight excluding hydrogens is 282 g/mol. The van der Waals surface area contributed by atoms with Gasteiger partial charge in [0.15, 0.2) is 0 Å². The van der Waals surface area contributed by atoms with E-state index in [1.54, 1.807) is 18.2 Å². The number of carbonyl (C=O) groups is 1. The van der Waals surface area contributed by atoms with E-state index in [0.29, 0.717) is 12.6 Å². The van der Waals surface area contributed by atoms with Gasteiger partial charge in [-0.25, -0.2) is 0 Å². The molecule has 0 unspecified atom stereocenters. The predicted molar refractivity (Wildman–Crippen MR) is 85.4 cm³/mol. The van der Waals surface area contributed by atoms with E-state index in [4.69, 9.17) is 0 Å². The van der Waals surface area contributed by atoms with Crippen LogP contribution in [0.2, 0.25) is 0 Å². The number of carbonyl (C=O) groups excluding carboxylic acids is 1. The Morgan fingerprint density at radius 2 is 2.09 bits per heavy atom. The molecule has 118 valence electrons. The zero-order valence-corrected chi connectivity index (χ0v) is 12.7. The average Bonchev–Trinajstić information content (AvgIpc) is 3.34. The minimum absolute atomic E-state index is 0.0429. The number of non-ortho nitro benzene ring substituents is 1. The van der Waals surface area contributed by atoms with Gasteiger partial charge in [-0.15, -0.1) is 0 Å². The molecule has 0 atom stereocenters. The van der Waals surface area contributed by atoms with Gasteiger partial charge in [0.1, 0.15) is 0 Å². The maximum absolute atomic E-state index is 11.7. The van der Waals surface area contributed by atoms with E-state index in [2.05, 4.69) is 17.1 Å². The normalized spacial score (nSPS) is 14.5. The fourth-order valence-electron chi connectivity index (χ4n) is 2.30. The largest absolute Gasteiger partial charge is 0.351 e. The first-order valence-electron chi connectivity index (χ1n) is 7.54. The summed E-state index contributed by atoms with van der Waals surface area (Å²) in [6, 6.07) is 6.79. The molecule has 1 aromatic rings. The molecule has 6 heteroatoms. The van der Waals surface area contributed by atoms with E-state index in [-0.39, 0.29) is 11.6 Å². The SMILES string of the molecule is CCN(CCNC(=O)C=Cc1ccc([N+](=O)[O-])cc1)C1CC1. The number of likely N-dealkylation sites (N-methyl/N-ethyl adjacent to an activating group) is 1. The Labute approximate surface area is 130 Å². The maximum atomic E-state index is 11.7. The monoisotopic (exact) mass is 303 g/mol. The second-order valence-corrected chi connectivity index (χ2v) is 5.33. The van der Waals surface area contributed by atoms with Crippen LogP contribution < -0.4 is 5.32 Å². The Kier molecular flexibility index (Phi) is 5.66. The van der Waals surface area contributed by atoms with E-state index in [1.165, 1.54) is 31.1 Å². The van der Waals surface area contributed by atoms with Gasteiger partial charge in [-0.1, -0.05) is 6.92 Å². The molecule has 0 radical (unpaired) electrons. The van der Waals surface area contributed by atoms with E-state index in [0.717, 1.165) is 18.7 Å². The van der Waals surface area contributed by atoms with Crippen LogP contribution in [0.3, 0.4) is 0 Å². The van der Waals surface area contributed by atoms with Gasteiger partial charge in [-0.2, -0.15) is 0 Å². The maximum Gasteiger partial charge on any atom is 0.269 e. The van der Waals surface area contributed by atoms with Gasteiger partial charge in [-0.05, 0) is 43.2 Å². The van der Waals surface area contributed by atoms with Gasteiger partial charge in [0.25, 0.3) is 5.69 Å². The molecular formula is C16H21N3O3. The molecule has 22 heavy (non-hydrogen) atoms. The number of nitrogens with zero attached hydrogens (tertiary/aromatic N) is 2. The molecule has 1 amide bonds. The van der Waals surface area contributed by atoms with Gasteiger partial charge in [0, 0.05) is 37.3 Å². The van der Waals surface area contributed by atoms with Crippen molar-refractivity contribution in [2.24, 2.45) is 0 Å². The molecule has 2 rings (SSSR count). The van der Waals surface area contributed by atoms with Gasteiger partial charge in [0.2, 0.25) is 5.91 Å². The van der Waals surface area contributed by atoms with Crippen LogP contribution in [0.5, 0.6) is 0 Å². The molecule has 1 aromatic carbocycles. The summed E-state index contributed by atoms with van der Waals surface area (Å²) in [7, 11) is 0. The first-order chi connectivity index (χ1) is 10.6. The number of amides is 1. The molecule has 0 aliphatic heterocycles. The van der Waals surface area contributed by atoms with Gasteiger partial charge in [-0.3, -0.25) is 19.8 Å². The van der Waals surface area contributed by atoms with Crippen molar-refractivity contribution in [1.29, 1.82) is 0 Å². The minimum Gasteiger partial charge on any atom is -0.351 e. The van der Waals surface area contributed by atoms with E-state index in [9.17, 15) is 14.9 Å². The van der Waals surface area contributed by atoms with Crippen LogP contribution >= 0.6 is 0 Å². The number of nitro benzene ring substituents is 1. The lowest BCUT2D eigenvalue weighted by atomic mass is 10.2. The summed E-state index contributed by atoms with van der Waals surface area (Å²) in [6.07, 6.45) is 5.63. The molecule has 0 bridgehead atoms. The number of benzene rings is 1.